The van der Waals surface area contributed by atoms with E-state index < -0.39 is 5.97 Å². The number of carboxylic acid groups (broad SMARTS) is 1. The van der Waals surface area contributed by atoms with Crippen molar-refractivity contribution < 1.29 is 14.6 Å². The molecule has 0 unspecified atom stereocenters. The van der Waals surface area contributed by atoms with Crippen molar-refractivity contribution in [3.63, 3.8) is 0 Å². The minimum Gasteiger partial charge on any atom is -0.489 e. The molecule has 0 saturated carbocycles. The molecule has 3 aromatic rings. The van der Waals surface area contributed by atoms with Crippen LogP contribution in [0.4, 0.5) is 0 Å². The third-order valence-corrected chi connectivity index (χ3v) is 7.02. The SMILES string of the molecule is C=Cc1ccc(COc2ccc(CSc3ccc(CSCCCC(=O)O)cc3)cc2)cc1. The summed E-state index contributed by atoms with van der Waals surface area (Å²) < 4.78 is 5.89. The van der Waals surface area contributed by atoms with E-state index in [1.54, 1.807) is 11.8 Å². The summed E-state index contributed by atoms with van der Waals surface area (Å²) >= 11 is 3.60. The van der Waals surface area contributed by atoms with Crippen LogP contribution in [-0.4, -0.2) is 16.8 Å². The van der Waals surface area contributed by atoms with Crippen LogP contribution >= 0.6 is 23.5 Å². The fourth-order valence-corrected chi connectivity index (χ4v) is 4.74. The van der Waals surface area contributed by atoms with Gasteiger partial charge in [-0.05, 0) is 58.7 Å². The topological polar surface area (TPSA) is 46.5 Å². The van der Waals surface area contributed by atoms with Crippen LogP contribution in [-0.2, 0) is 22.9 Å². The molecule has 32 heavy (non-hydrogen) atoms. The minimum atomic E-state index is -0.719. The lowest BCUT2D eigenvalue weighted by Gasteiger charge is -2.08. The predicted molar refractivity (Wildman–Crippen MR) is 136 cm³/mol. The van der Waals surface area contributed by atoms with E-state index in [2.05, 4.69) is 55.1 Å². The lowest BCUT2D eigenvalue weighted by atomic mass is 10.1. The number of benzene rings is 3. The van der Waals surface area contributed by atoms with Crippen molar-refractivity contribution in [3.05, 3.63) is 102 Å². The first-order valence-electron chi connectivity index (χ1n) is 10.6. The molecule has 0 heterocycles. The Morgan fingerprint density at radius 1 is 0.875 bits per heavy atom. The van der Waals surface area contributed by atoms with E-state index in [4.69, 9.17) is 9.84 Å². The highest BCUT2D eigenvalue weighted by Gasteiger charge is 2.01. The van der Waals surface area contributed by atoms with Gasteiger partial charge in [-0.25, -0.2) is 0 Å². The highest BCUT2D eigenvalue weighted by Crippen LogP contribution is 2.25. The Morgan fingerprint density at radius 3 is 2.16 bits per heavy atom. The van der Waals surface area contributed by atoms with Crippen molar-refractivity contribution in [1.82, 2.24) is 0 Å². The summed E-state index contributed by atoms with van der Waals surface area (Å²) in [5, 5.41) is 8.67. The molecule has 166 valence electrons. The molecule has 0 fully saturated rings. The van der Waals surface area contributed by atoms with E-state index in [-0.39, 0.29) is 6.42 Å². The summed E-state index contributed by atoms with van der Waals surface area (Å²) in [6.45, 7) is 4.32. The number of aliphatic carboxylic acids is 1. The number of carbonyl (C=O) groups is 1. The molecule has 0 aliphatic rings. The summed E-state index contributed by atoms with van der Waals surface area (Å²) in [5.41, 5.74) is 4.78. The molecular weight excluding hydrogens is 436 g/mol. The molecule has 3 rings (SSSR count). The normalized spacial score (nSPS) is 10.6. The summed E-state index contributed by atoms with van der Waals surface area (Å²) in [7, 11) is 0. The third kappa shape index (κ3) is 8.48. The zero-order valence-corrected chi connectivity index (χ0v) is 19.7. The predicted octanol–water partition coefficient (Wildman–Crippen LogP) is 7.30. The molecule has 1 N–H and O–H groups in total. The van der Waals surface area contributed by atoms with Gasteiger partial charge in [0.25, 0.3) is 0 Å². The standard InChI is InChI=1S/C27H28O3S2/c1-2-21-5-7-22(8-6-21)18-30-25-13-9-24(10-14-25)20-32-26-15-11-23(12-16-26)19-31-17-3-4-27(28)29/h2,5-16H,1,3-4,17-20H2,(H,28,29). The Labute approximate surface area is 198 Å². The minimum absolute atomic E-state index is 0.250. The van der Waals surface area contributed by atoms with Gasteiger partial charge < -0.3 is 9.84 Å². The third-order valence-electron chi connectivity index (χ3n) is 4.82. The maximum atomic E-state index is 10.5. The fourth-order valence-electron chi connectivity index (χ4n) is 2.96. The second-order valence-corrected chi connectivity index (χ2v) is 9.51. The van der Waals surface area contributed by atoms with Gasteiger partial charge in [-0.2, -0.15) is 11.8 Å². The molecule has 0 atom stereocenters. The first-order valence-corrected chi connectivity index (χ1v) is 12.7. The van der Waals surface area contributed by atoms with Crippen molar-refractivity contribution in [2.24, 2.45) is 0 Å². The van der Waals surface area contributed by atoms with Crippen molar-refractivity contribution >= 4 is 35.6 Å². The number of hydrogen-bond donors (Lipinski definition) is 1. The molecule has 0 aromatic heterocycles. The van der Waals surface area contributed by atoms with E-state index in [1.165, 1.54) is 16.0 Å². The van der Waals surface area contributed by atoms with Crippen LogP contribution in [0, 0.1) is 0 Å². The van der Waals surface area contributed by atoms with E-state index in [0.29, 0.717) is 6.61 Å². The fraction of sp³-hybridized carbons (Fsp3) is 0.222. The maximum absolute atomic E-state index is 10.5. The molecule has 0 spiro atoms. The van der Waals surface area contributed by atoms with Crippen molar-refractivity contribution in [2.75, 3.05) is 5.75 Å². The van der Waals surface area contributed by atoms with Gasteiger partial charge in [-0.1, -0.05) is 61.2 Å². The summed E-state index contributed by atoms with van der Waals surface area (Å²) in [6.07, 6.45) is 2.81. The van der Waals surface area contributed by atoms with Crippen LogP contribution in [0.1, 0.15) is 35.1 Å². The zero-order chi connectivity index (χ0) is 22.6. The molecule has 0 aliphatic carbocycles. The summed E-state index contributed by atoms with van der Waals surface area (Å²) in [6, 6.07) is 25.1. The average Bonchev–Trinajstić information content (AvgIpc) is 2.83. The molecule has 3 nitrogen and oxygen atoms in total. The van der Waals surface area contributed by atoms with Crippen LogP contribution in [0.25, 0.3) is 6.08 Å². The Kier molecular flexibility index (Phi) is 9.79. The van der Waals surface area contributed by atoms with Crippen LogP contribution in [0.5, 0.6) is 5.75 Å². The molecule has 0 aliphatic heterocycles. The van der Waals surface area contributed by atoms with E-state index in [0.717, 1.165) is 40.6 Å². The molecule has 3 aromatic carbocycles. The smallest absolute Gasteiger partial charge is 0.303 e. The van der Waals surface area contributed by atoms with Gasteiger partial charge in [0.1, 0.15) is 12.4 Å². The summed E-state index contributed by atoms with van der Waals surface area (Å²) in [4.78, 5) is 11.8. The Morgan fingerprint density at radius 2 is 1.50 bits per heavy atom. The average molecular weight is 465 g/mol. The second-order valence-electron chi connectivity index (χ2n) is 7.36. The van der Waals surface area contributed by atoms with Crippen molar-refractivity contribution in [1.29, 1.82) is 0 Å². The summed E-state index contributed by atoms with van der Waals surface area (Å²) in [5.74, 6) is 2.86. The van der Waals surface area contributed by atoms with Gasteiger partial charge in [0.2, 0.25) is 0 Å². The maximum Gasteiger partial charge on any atom is 0.303 e. The molecule has 0 bridgehead atoms. The van der Waals surface area contributed by atoms with Gasteiger partial charge in [-0.3, -0.25) is 4.79 Å². The first-order chi connectivity index (χ1) is 15.6. The molecule has 0 amide bonds. The number of ether oxygens (including phenoxy) is 1. The highest BCUT2D eigenvalue weighted by molar-refractivity contribution is 7.98. The van der Waals surface area contributed by atoms with Crippen LogP contribution in [0.3, 0.4) is 0 Å². The number of carboxylic acids is 1. The first kappa shape index (κ1) is 24.0. The van der Waals surface area contributed by atoms with Crippen LogP contribution in [0.15, 0.2) is 84.3 Å². The Bertz CT molecular complexity index is 981. The molecule has 0 radical (unpaired) electrons. The number of hydrogen-bond acceptors (Lipinski definition) is 4. The zero-order valence-electron chi connectivity index (χ0n) is 18.0. The molecular formula is C27H28O3S2. The molecule has 0 saturated heterocycles. The van der Waals surface area contributed by atoms with Crippen molar-refractivity contribution in [2.45, 2.75) is 35.8 Å². The Hall–Kier alpha value is -2.63. The van der Waals surface area contributed by atoms with Crippen LogP contribution in [0.2, 0.25) is 0 Å². The van der Waals surface area contributed by atoms with Gasteiger partial charge >= 0.3 is 5.97 Å². The largest absolute Gasteiger partial charge is 0.489 e. The quantitative estimate of drug-likeness (QED) is 0.212. The number of thioether (sulfide) groups is 2. The van der Waals surface area contributed by atoms with E-state index in [9.17, 15) is 4.79 Å². The van der Waals surface area contributed by atoms with Gasteiger partial charge in [-0.15, -0.1) is 11.8 Å². The number of rotatable bonds is 13. The van der Waals surface area contributed by atoms with Crippen LogP contribution < -0.4 is 4.74 Å². The van der Waals surface area contributed by atoms with Gasteiger partial charge in [0.15, 0.2) is 0 Å². The lowest BCUT2D eigenvalue weighted by molar-refractivity contribution is -0.137. The Balaban J connectivity index is 1.38. The van der Waals surface area contributed by atoms with E-state index >= 15 is 0 Å². The van der Waals surface area contributed by atoms with Gasteiger partial charge in [0, 0.05) is 22.8 Å². The monoisotopic (exact) mass is 464 g/mol. The van der Waals surface area contributed by atoms with E-state index in [1.807, 2.05) is 42.1 Å². The van der Waals surface area contributed by atoms with Gasteiger partial charge in [0.05, 0.1) is 0 Å². The second kappa shape index (κ2) is 13.0. The lowest BCUT2D eigenvalue weighted by Crippen LogP contribution is -1.95. The van der Waals surface area contributed by atoms with Crippen molar-refractivity contribution in [3.8, 4) is 5.75 Å². The highest BCUT2D eigenvalue weighted by atomic mass is 32.2. The molecule has 5 heteroatoms.